The standard InChI is InChI=1S/C27H24FN3O4/c1-3-26-30-20-10-7-16(28)11-23(20)31(26)22-6-4-5-18-21(13-34-27(18)22)29-17-8-9-19-24(12-17)33-14-25(19)35-15(2)32/h4-12,21,25,29H,3,13-14H2,1-2H3/t21-,25-/m1/s1. The Balaban J connectivity index is 1.33. The number of rotatable bonds is 5. The van der Waals surface area contributed by atoms with Crippen LogP contribution in [0.25, 0.3) is 16.7 Å². The highest BCUT2D eigenvalue weighted by atomic mass is 19.1. The van der Waals surface area contributed by atoms with E-state index < -0.39 is 0 Å². The number of imidazole rings is 1. The number of esters is 1. The molecule has 0 radical (unpaired) electrons. The molecule has 6 rings (SSSR count). The molecule has 178 valence electrons. The molecule has 0 saturated heterocycles. The monoisotopic (exact) mass is 473 g/mol. The van der Waals surface area contributed by atoms with E-state index in [0.29, 0.717) is 30.9 Å². The average Bonchev–Trinajstić information content (AvgIpc) is 3.54. The number of para-hydroxylation sites is 1. The van der Waals surface area contributed by atoms with Crippen molar-refractivity contribution in [3.63, 3.8) is 0 Å². The summed E-state index contributed by atoms with van der Waals surface area (Å²) in [5.74, 6) is 1.68. The van der Waals surface area contributed by atoms with Crippen molar-refractivity contribution in [2.24, 2.45) is 0 Å². The molecule has 1 N–H and O–H groups in total. The maximum absolute atomic E-state index is 14.1. The van der Waals surface area contributed by atoms with Crippen LogP contribution in [0.15, 0.2) is 54.6 Å². The number of benzene rings is 3. The molecule has 3 heterocycles. The van der Waals surface area contributed by atoms with E-state index in [1.165, 1.54) is 19.1 Å². The average molecular weight is 474 g/mol. The van der Waals surface area contributed by atoms with Crippen LogP contribution in [-0.2, 0) is 16.0 Å². The number of hydrogen-bond acceptors (Lipinski definition) is 6. The molecule has 8 heteroatoms. The van der Waals surface area contributed by atoms with E-state index in [0.717, 1.165) is 39.6 Å². The third kappa shape index (κ3) is 3.65. The molecule has 35 heavy (non-hydrogen) atoms. The van der Waals surface area contributed by atoms with Crippen molar-refractivity contribution in [3.8, 4) is 17.2 Å². The SMILES string of the molecule is CCc1nc2ccc(F)cc2n1-c1cccc2c1OC[C@H]2Nc1ccc2c(c1)OC[C@H]2OC(C)=O. The molecule has 4 aromatic rings. The van der Waals surface area contributed by atoms with Crippen LogP contribution in [-0.4, -0.2) is 28.7 Å². The van der Waals surface area contributed by atoms with Crippen molar-refractivity contribution in [2.75, 3.05) is 18.5 Å². The maximum Gasteiger partial charge on any atom is 0.303 e. The first kappa shape index (κ1) is 21.5. The number of nitrogens with zero attached hydrogens (tertiary/aromatic N) is 2. The third-order valence-electron chi connectivity index (χ3n) is 6.44. The number of fused-ring (bicyclic) bond motifs is 3. The summed E-state index contributed by atoms with van der Waals surface area (Å²) in [6.07, 6.45) is 0.322. The largest absolute Gasteiger partial charge is 0.489 e. The quantitative estimate of drug-likeness (QED) is 0.398. The summed E-state index contributed by atoms with van der Waals surface area (Å²) in [4.78, 5) is 16.0. The lowest BCUT2D eigenvalue weighted by molar-refractivity contribution is -0.147. The molecule has 2 aliphatic heterocycles. The van der Waals surface area contributed by atoms with Gasteiger partial charge in [0, 0.05) is 42.3 Å². The molecular weight excluding hydrogens is 449 g/mol. The van der Waals surface area contributed by atoms with Gasteiger partial charge in [-0.3, -0.25) is 9.36 Å². The van der Waals surface area contributed by atoms with Crippen molar-refractivity contribution in [2.45, 2.75) is 32.4 Å². The number of anilines is 1. The zero-order valence-corrected chi connectivity index (χ0v) is 19.4. The number of ether oxygens (including phenoxy) is 3. The number of nitrogens with one attached hydrogen (secondary N) is 1. The molecule has 0 saturated carbocycles. The van der Waals surface area contributed by atoms with E-state index in [9.17, 15) is 9.18 Å². The molecule has 0 spiro atoms. The van der Waals surface area contributed by atoms with Gasteiger partial charge in [-0.15, -0.1) is 0 Å². The number of carbonyl (C=O) groups excluding carboxylic acids is 1. The van der Waals surface area contributed by atoms with Gasteiger partial charge in [-0.05, 0) is 30.3 Å². The Bertz CT molecular complexity index is 1460. The van der Waals surface area contributed by atoms with E-state index >= 15 is 0 Å². The zero-order chi connectivity index (χ0) is 24.1. The Labute approximate surface area is 201 Å². The molecule has 3 aromatic carbocycles. The predicted molar refractivity (Wildman–Crippen MR) is 129 cm³/mol. The molecule has 0 fully saturated rings. The Morgan fingerprint density at radius 1 is 1.14 bits per heavy atom. The maximum atomic E-state index is 14.1. The van der Waals surface area contributed by atoms with E-state index in [1.807, 2.05) is 47.9 Å². The number of halogens is 1. The van der Waals surface area contributed by atoms with Gasteiger partial charge in [0.1, 0.15) is 36.4 Å². The van der Waals surface area contributed by atoms with Crippen LogP contribution < -0.4 is 14.8 Å². The lowest BCUT2D eigenvalue weighted by Crippen LogP contribution is -2.12. The van der Waals surface area contributed by atoms with Crippen molar-refractivity contribution in [1.82, 2.24) is 9.55 Å². The normalized spacial score (nSPS) is 18.0. The van der Waals surface area contributed by atoms with Crippen LogP contribution >= 0.6 is 0 Å². The summed E-state index contributed by atoms with van der Waals surface area (Å²) >= 11 is 0. The topological polar surface area (TPSA) is 74.6 Å². The van der Waals surface area contributed by atoms with Crippen LogP contribution in [0.2, 0.25) is 0 Å². The molecule has 1 aromatic heterocycles. The van der Waals surface area contributed by atoms with Crippen molar-refractivity contribution < 1.29 is 23.4 Å². The highest BCUT2D eigenvalue weighted by Gasteiger charge is 2.30. The van der Waals surface area contributed by atoms with Crippen molar-refractivity contribution >= 4 is 22.7 Å². The second kappa shape index (κ2) is 8.30. The summed E-state index contributed by atoms with van der Waals surface area (Å²) < 4.78 is 33.3. The van der Waals surface area contributed by atoms with Gasteiger partial charge in [-0.25, -0.2) is 9.37 Å². The summed E-state index contributed by atoms with van der Waals surface area (Å²) in [6, 6.07) is 16.4. The van der Waals surface area contributed by atoms with Crippen molar-refractivity contribution in [1.29, 1.82) is 0 Å². The van der Waals surface area contributed by atoms with Crippen LogP contribution in [0.3, 0.4) is 0 Å². The summed E-state index contributed by atoms with van der Waals surface area (Å²) in [7, 11) is 0. The lowest BCUT2D eigenvalue weighted by atomic mass is 10.1. The molecule has 0 unspecified atom stereocenters. The first-order valence-electron chi connectivity index (χ1n) is 11.6. The molecule has 0 aliphatic carbocycles. The number of aromatic nitrogens is 2. The number of hydrogen-bond donors (Lipinski definition) is 1. The number of aryl methyl sites for hydroxylation is 1. The van der Waals surface area contributed by atoms with E-state index in [2.05, 4.69) is 5.32 Å². The number of carbonyl (C=O) groups is 1. The van der Waals surface area contributed by atoms with Crippen molar-refractivity contribution in [3.05, 3.63) is 77.4 Å². The van der Waals surface area contributed by atoms with Crippen LogP contribution in [0, 0.1) is 5.82 Å². The summed E-state index contributed by atoms with van der Waals surface area (Å²) in [6.45, 7) is 4.19. The van der Waals surface area contributed by atoms with E-state index in [1.54, 1.807) is 6.07 Å². The van der Waals surface area contributed by atoms with Gasteiger partial charge in [-0.2, -0.15) is 0 Å². The fourth-order valence-electron chi connectivity index (χ4n) is 4.90. The second-order valence-electron chi connectivity index (χ2n) is 8.72. The molecule has 2 atom stereocenters. The second-order valence-corrected chi connectivity index (χ2v) is 8.72. The first-order chi connectivity index (χ1) is 17.0. The molecule has 7 nitrogen and oxygen atoms in total. The van der Waals surface area contributed by atoms with Gasteiger partial charge in [0.05, 0.1) is 22.8 Å². The third-order valence-corrected chi connectivity index (χ3v) is 6.44. The van der Waals surface area contributed by atoms with Gasteiger partial charge in [-0.1, -0.05) is 19.1 Å². The van der Waals surface area contributed by atoms with Gasteiger partial charge >= 0.3 is 5.97 Å². The summed E-state index contributed by atoms with van der Waals surface area (Å²) in [5.41, 5.74) is 5.07. The van der Waals surface area contributed by atoms with Gasteiger partial charge in [0.2, 0.25) is 0 Å². The Kier molecular flexibility index (Phi) is 5.09. The smallest absolute Gasteiger partial charge is 0.303 e. The van der Waals surface area contributed by atoms with E-state index in [4.69, 9.17) is 19.2 Å². The lowest BCUT2D eigenvalue weighted by Gasteiger charge is -2.15. The highest BCUT2D eigenvalue weighted by Crippen LogP contribution is 2.42. The van der Waals surface area contributed by atoms with E-state index in [-0.39, 0.29) is 23.9 Å². The first-order valence-corrected chi connectivity index (χ1v) is 11.6. The van der Waals surface area contributed by atoms with Crippen LogP contribution in [0.1, 0.15) is 42.9 Å². The predicted octanol–water partition coefficient (Wildman–Crippen LogP) is 5.27. The zero-order valence-electron chi connectivity index (χ0n) is 19.4. The molecule has 2 aliphatic rings. The molecular formula is C27H24FN3O4. The van der Waals surface area contributed by atoms with Crippen LogP contribution in [0.5, 0.6) is 11.5 Å². The fraction of sp³-hybridized carbons (Fsp3) is 0.259. The van der Waals surface area contributed by atoms with Gasteiger partial charge < -0.3 is 19.5 Å². The van der Waals surface area contributed by atoms with Gasteiger partial charge in [0.15, 0.2) is 6.10 Å². The minimum atomic E-state index is -0.378. The fourth-order valence-corrected chi connectivity index (χ4v) is 4.90. The molecule has 0 bridgehead atoms. The Morgan fingerprint density at radius 2 is 2.03 bits per heavy atom. The molecule has 0 amide bonds. The minimum Gasteiger partial charge on any atom is -0.489 e. The minimum absolute atomic E-state index is 0.0785. The van der Waals surface area contributed by atoms with Gasteiger partial charge in [0.25, 0.3) is 0 Å². The Morgan fingerprint density at radius 3 is 2.86 bits per heavy atom. The Hall–Kier alpha value is -4.07. The van der Waals surface area contributed by atoms with Crippen LogP contribution in [0.4, 0.5) is 10.1 Å². The summed E-state index contributed by atoms with van der Waals surface area (Å²) in [5, 5.41) is 3.53. The highest BCUT2D eigenvalue weighted by molar-refractivity contribution is 5.79.